The molecule has 0 bridgehead atoms. The highest BCUT2D eigenvalue weighted by Crippen LogP contribution is 2.29. The largest absolute Gasteiger partial charge is 0.455 e. The van der Waals surface area contributed by atoms with Gasteiger partial charge in [0.2, 0.25) is 0 Å². The molecule has 0 radical (unpaired) electrons. The lowest BCUT2D eigenvalue weighted by Gasteiger charge is -2.09. The Morgan fingerprint density at radius 2 is 1.84 bits per heavy atom. The van der Waals surface area contributed by atoms with E-state index in [9.17, 15) is 0 Å². The van der Waals surface area contributed by atoms with Gasteiger partial charge in [-0.1, -0.05) is 0 Å². The molecule has 4 nitrogen and oxygen atoms in total. The first-order valence-electron chi connectivity index (χ1n) is 5.62. The predicted molar refractivity (Wildman–Crippen MR) is 71.5 cm³/mol. The SMILES string of the molecule is Cc1cc(Oc2ccc(C#N)cc2N)ccc1C#N. The van der Waals surface area contributed by atoms with E-state index >= 15 is 0 Å². The Bertz CT molecular complexity index is 708. The van der Waals surface area contributed by atoms with Gasteiger partial charge in [-0.15, -0.1) is 0 Å². The highest BCUT2D eigenvalue weighted by atomic mass is 16.5. The van der Waals surface area contributed by atoms with Crippen LogP contribution in [0, 0.1) is 29.6 Å². The predicted octanol–water partition coefficient (Wildman–Crippen LogP) is 3.11. The van der Waals surface area contributed by atoms with Gasteiger partial charge in [-0.3, -0.25) is 0 Å². The van der Waals surface area contributed by atoms with E-state index in [-0.39, 0.29) is 0 Å². The molecule has 92 valence electrons. The topological polar surface area (TPSA) is 82.8 Å². The molecule has 2 rings (SSSR count). The van der Waals surface area contributed by atoms with E-state index in [1.54, 1.807) is 36.4 Å². The lowest BCUT2D eigenvalue weighted by Crippen LogP contribution is -1.93. The maximum Gasteiger partial charge on any atom is 0.150 e. The number of nitrogen functional groups attached to an aromatic ring is 1. The van der Waals surface area contributed by atoms with E-state index in [1.807, 2.05) is 13.0 Å². The monoisotopic (exact) mass is 249 g/mol. The van der Waals surface area contributed by atoms with Crippen molar-refractivity contribution in [2.75, 3.05) is 5.73 Å². The first kappa shape index (κ1) is 12.5. The molecule has 0 heterocycles. The summed E-state index contributed by atoms with van der Waals surface area (Å²) in [6.07, 6.45) is 0. The fourth-order valence-electron chi connectivity index (χ4n) is 1.66. The number of benzene rings is 2. The van der Waals surface area contributed by atoms with Crippen LogP contribution in [0.1, 0.15) is 16.7 Å². The zero-order chi connectivity index (χ0) is 13.8. The van der Waals surface area contributed by atoms with Crippen molar-refractivity contribution in [3.05, 3.63) is 53.1 Å². The summed E-state index contributed by atoms with van der Waals surface area (Å²) >= 11 is 0. The van der Waals surface area contributed by atoms with Gasteiger partial charge in [0.05, 0.1) is 29.0 Å². The number of ether oxygens (including phenoxy) is 1. The zero-order valence-corrected chi connectivity index (χ0v) is 10.3. The van der Waals surface area contributed by atoms with Gasteiger partial charge in [0, 0.05) is 0 Å². The Morgan fingerprint density at radius 1 is 1.05 bits per heavy atom. The average molecular weight is 249 g/mol. The molecule has 19 heavy (non-hydrogen) atoms. The summed E-state index contributed by atoms with van der Waals surface area (Å²) in [5, 5.41) is 17.6. The summed E-state index contributed by atoms with van der Waals surface area (Å²) in [7, 11) is 0. The summed E-state index contributed by atoms with van der Waals surface area (Å²) in [5.41, 5.74) is 8.15. The molecular formula is C15H11N3O. The molecule has 2 aromatic rings. The van der Waals surface area contributed by atoms with Crippen LogP contribution >= 0.6 is 0 Å². The van der Waals surface area contributed by atoms with Gasteiger partial charge in [0.25, 0.3) is 0 Å². The lowest BCUT2D eigenvalue weighted by molar-refractivity contribution is 0.484. The Kier molecular flexibility index (Phi) is 3.36. The quantitative estimate of drug-likeness (QED) is 0.829. The number of hydrogen-bond donors (Lipinski definition) is 1. The Morgan fingerprint density at radius 3 is 2.42 bits per heavy atom. The fourth-order valence-corrected chi connectivity index (χ4v) is 1.66. The summed E-state index contributed by atoms with van der Waals surface area (Å²) in [4.78, 5) is 0. The Labute approximate surface area is 111 Å². The minimum atomic E-state index is 0.404. The minimum Gasteiger partial charge on any atom is -0.455 e. The van der Waals surface area contributed by atoms with Crippen molar-refractivity contribution in [3.8, 4) is 23.6 Å². The van der Waals surface area contributed by atoms with E-state index in [0.29, 0.717) is 28.3 Å². The number of anilines is 1. The van der Waals surface area contributed by atoms with Crippen molar-refractivity contribution in [1.29, 1.82) is 10.5 Å². The second-order valence-electron chi connectivity index (χ2n) is 4.06. The summed E-state index contributed by atoms with van der Waals surface area (Å²) in [6.45, 7) is 1.84. The normalized spacial score (nSPS) is 9.42. The van der Waals surface area contributed by atoms with Crippen molar-refractivity contribution in [3.63, 3.8) is 0 Å². The molecule has 0 fully saturated rings. The van der Waals surface area contributed by atoms with Crippen LogP contribution in [0.3, 0.4) is 0 Å². The molecule has 0 spiro atoms. The van der Waals surface area contributed by atoms with Crippen LogP contribution < -0.4 is 10.5 Å². The van der Waals surface area contributed by atoms with E-state index in [1.165, 1.54) is 0 Å². The second-order valence-corrected chi connectivity index (χ2v) is 4.06. The second kappa shape index (κ2) is 5.12. The summed E-state index contributed by atoms with van der Waals surface area (Å²) in [5.74, 6) is 1.09. The van der Waals surface area contributed by atoms with Gasteiger partial charge in [0.15, 0.2) is 0 Å². The number of rotatable bonds is 2. The van der Waals surface area contributed by atoms with Gasteiger partial charge in [-0.05, 0) is 48.9 Å². The molecule has 2 N–H and O–H groups in total. The maximum absolute atomic E-state index is 8.86. The van der Waals surface area contributed by atoms with Crippen molar-refractivity contribution >= 4 is 5.69 Å². The third-order valence-corrected chi connectivity index (χ3v) is 2.69. The maximum atomic E-state index is 8.86. The molecule has 0 unspecified atom stereocenters. The van der Waals surface area contributed by atoms with Gasteiger partial charge in [-0.2, -0.15) is 10.5 Å². The smallest absolute Gasteiger partial charge is 0.150 e. The summed E-state index contributed by atoms with van der Waals surface area (Å²) in [6, 6.07) is 14.1. The van der Waals surface area contributed by atoms with Crippen LogP contribution in [0.2, 0.25) is 0 Å². The van der Waals surface area contributed by atoms with Crippen LogP contribution in [0.25, 0.3) is 0 Å². The molecule has 0 atom stereocenters. The van der Waals surface area contributed by atoms with Crippen LogP contribution in [0.4, 0.5) is 5.69 Å². The molecule has 0 aliphatic rings. The molecule has 4 heteroatoms. The van der Waals surface area contributed by atoms with Gasteiger partial charge >= 0.3 is 0 Å². The van der Waals surface area contributed by atoms with E-state index < -0.39 is 0 Å². The standard InChI is InChI=1S/C15H11N3O/c1-10-6-13(4-3-12(10)9-17)19-15-5-2-11(8-16)7-14(15)18/h2-7H,18H2,1H3. The molecule has 0 saturated heterocycles. The van der Waals surface area contributed by atoms with Gasteiger partial charge in [-0.25, -0.2) is 0 Å². The third-order valence-electron chi connectivity index (χ3n) is 2.69. The molecule has 0 aliphatic heterocycles. The number of nitrogens with zero attached hydrogens (tertiary/aromatic N) is 2. The highest BCUT2D eigenvalue weighted by molar-refractivity contribution is 5.58. The molecular weight excluding hydrogens is 238 g/mol. The van der Waals surface area contributed by atoms with Crippen LogP contribution in [0.15, 0.2) is 36.4 Å². The van der Waals surface area contributed by atoms with Crippen LogP contribution in [-0.2, 0) is 0 Å². The van der Waals surface area contributed by atoms with Crippen molar-refractivity contribution in [1.82, 2.24) is 0 Å². The van der Waals surface area contributed by atoms with E-state index in [4.69, 9.17) is 21.0 Å². The molecule has 0 aliphatic carbocycles. The molecule has 0 saturated carbocycles. The fraction of sp³-hybridized carbons (Fsp3) is 0.0667. The zero-order valence-electron chi connectivity index (χ0n) is 10.3. The molecule has 2 aromatic carbocycles. The number of aryl methyl sites for hydroxylation is 1. The van der Waals surface area contributed by atoms with Crippen molar-refractivity contribution < 1.29 is 4.74 Å². The van der Waals surface area contributed by atoms with Crippen LogP contribution in [-0.4, -0.2) is 0 Å². The van der Waals surface area contributed by atoms with E-state index in [2.05, 4.69) is 6.07 Å². The number of nitrogens with two attached hydrogens (primary N) is 1. The van der Waals surface area contributed by atoms with E-state index in [0.717, 1.165) is 5.56 Å². The van der Waals surface area contributed by atoms with Crippen molar-refractivity contribution in [2.24, 2.45) is 0 Å². The lowest BCUT2D eigenvalue weighted by atomic mass is 10.1. The summed E-state index contributed by atoms with van der Waals surface area (Å²) < 4.78 is 5.65. The highest BCUT2D eigenvalue weighted by Gasteiger charge is 2.05. The number of hydrogen-bond acceptors (Lipinski definition) is 4. The van der Waals surface area contributed by atoms with Crippen LogP contribution in [0.5, 0.6) is 11.5 Å². The minimum absolute atomic E-state index is 0.404. The first-order chi connectivity index (χ1) is 9.13. The Balaban J connectivity index is 2.30. The van der Waals surface area contributed by atoms with Gasteiger partial charge < -0.3 is 10.5 Å². The first-order valence-corrected chi connectivity index (χ1v) is 5.62. The van der Waals surface area contributed by atoms with Crippen molar-refractivity contribution in [2.45, 2.75) is 6.92 Å². The van der Waals surface area contributed by atoms with Gasteiger partial charge in [0.1, 0.15) is 11.5 Å². The molecule has 0 amide bonds. The Hall–Kier alpha value is -2.98. The average Bonchev–Trinajstić information content (AvgIpc) is 2.41. The third kappa shape index (κ3) is 2.65. The molecule has 0 aromatic heterocycles. The number of nitriles is 2.